The molecule has 5 heteroatoms. The Bertz CT molecular complexity index is 596. The molecule has 0 aliphatic rings. The second-order valence-electron chi connectivity index (χ2n) is 3.68. The van der Waals surface area contributed by atoms with Crippen molar-refractivity contribution in [2.24, 2.45) is 0 Å². The van der Waals surface area contributed by atoms with Gasteiger partial charge in [0.05, 0.1) is 11.2 Å². The molecule has 1 N–H and O–H groups in total. The second kappa shape index (κ2) is 5.27. The van der Waals surface area contributed by atoms with Crippen LogP contribution < -0.4 is 5.32 Å². The largest absolute Gasteiger partial charge is 0.459 e. The maximum Gasteiger partial charge on any atom is 0.293 e. The number of carbonyl (C=O) groups excluding carboxylic acids is 2. The summed E-state index contributed by atoms with van der Waals surface area (Å²) in [6.07, 6.45) is 1.49. The van der Waals surface area contributed by atoms with Crippen molar-refractivity contribution >= 4 is 28.8 Å². The molecule has 0 amide bonds. The number of ketones is 1. The van der Waals surface area contributed by atoms with E-state index in [9.17, 15) is 9.59 Å². The average molecular weight is 244 g/mol. The van der Waals surface area contributed by atoms with Gasteiger partial charge >= 0.3 is 0 Å². The number of hydrogen-bond donors (Lipinski definition) is 1. The third kappa shape index (κ3) is 2.29. The van der Waals surface area contributed by atoms with Gasteiger partial charge in [0.15, 0.2) is 6.61 Å². The van der Waals surface area contributed by atoms with E-state index in [1.807, 2.05) is 25.2 Å². The van der Waals surface area contributed by atoms with Gasteiger partial charge in [-0.05, 0) is 12.1 Å². The summed E-state index contributed by atoms with van der Waals surface area (Å²) in [6, 6.07) is 7.40. The molecule has 92 valence electrons. The lowest BCUT2D eigenvalue weighted by Gasteiger charge is -2.06. The minimum Gasteiger partial charge on any atom is -0.459 e. The normalized spacial score (nSPS) is 10.1. The van der Waals surface area contributed by atoms with E-state index in [4.69, 9.17) is 0 Å². The van der Waals surface area contributed by atoms with E-state index in [1.54, 1.807) is 6.07 Å². The number of aromatic nitrogens is 1. The molecule has 5 nitrogen and oxygen atoms in total. The molecule has 1 aromatic carbocycles. The molecule has 0 fully saturated rings. The Kier molecular flexibility index (Phi) is 3.52. The highest BCUT2D eigenvalue weighted by Gasteiger charge is 2.09. The summed E-state index contributed by atoms with van der Waals surface area (Å²) in [5.74, 6) is -0.272. The fourth-order valence-electron chi connectivity index (χ4n) is 1.71. The molecule has 18 heavy (non-hydrogen) atoms. The predicted octanol–water partition coefficient (Wildman–Crippen LogP) is 1.63. The number of anilines is 1. The van der Waals surface area contributed by atoms with Gasteiger partial charge in [-0.25, -0.2) is 0 Å². The number of carbonyl (C=O) groups is 2. The summed E-state index contributed by atoms with van der Waals surface area (Å²) in [7, 11) is 1.81. The van der Waals surface area contributed by atoms with Crippen LogP contribution in [0, 0.1) is 0 Å². The first-order chi connectivity index (χ1) is 8.76. The molecule has 2 rings (SSSR count). The van der Waals surface area contributed by atoms with E-state index in [-0.39, 0.29) is 18.9 Å². The zero-order valence-electron chi connectivity index (χ0n) is 9.84. The number of ether oxygens (including phenoxy) is 1. The maximum absolute atomic E-state index is 11.7. The first-order valence-electron chi connectivity index (χ1n) is 5.41. The van der Waals surface area contributed by atoms with Crippen LogP contribution in [0.3, 0.4) is 0 Å². The highest BCUT2D eigenvalue weighted by molar-refractivity contribution is 6.01. The molecule has 0 bridgehead atoms. The quantitative estimate of drug-likeness (QED) is 0.639. The van der Waals surface area contributed by atoms with Crippen molar-refractivity contribution in [3.8, 4) is 0 Å². The minimum absolute atomic E-state index is 0.255. The molecular weight excluding hydrogens is 232 g/mol. The monoisotopic (exact) mass is 244 g/mol. The molecule has 0 spiro atoms. The van der Waals surface area contributed by atoms with Crippen LogP contribution in [-0.4, -0.2) is 30.9 Å². The van der Waals surface area contributed by atoms with E-state index >= 15 is 0 Å². The Morgan fingerprint density at radius 2 is 2.33 bits per heavy atom. The molecule has 0 saturated heterocycles. The van der Waals surface area contributed by atoms with Gasteiger partial charge in [-0.3, -0.25) is 14.6 Å². The summed E-state index contributed by atoms with van der Waals surface area (Å²) in [4.78, 5) is 26.0. The number of nitrogens with one attached hydrogen (secondary N) is 1. The molecule has 0 unspecified atom stereocenters. The number of Topliss-reactive ketones (excluding diaryl/α,β-unsaturated/α-hetero) is 1. The SMILES string of the molecule is CNc1cccc2cc(C(=O)COC=O)cnc12. The number of para-hydroxylation sites is 1. The number of fused-ring (bicyclic) bond motifs is 1. The Hall–Kier alpha value is -2.43. The van der Waals surface area contributed by atoms with E-state index in [0.29, 0.717) is 5.56 Å². The van der Waals surface area contributed by atoms with Crippen molar-refractivity contribution in [3.63, 3.8) is 0 Å². The molecule has 1 aromatic heterocycles. The van der Waals surface area contributed by atoms with Gasteiger partial charge < -0.3 is 10.1 Å². The third-order valence-corrected chi connectivity index (χ3v) is 2.58. The summed E-state index contributed by atoms with van der Waals surface area (Å²) < 4.78 is 4.44. The van der Waals surface area contributed by atoms with Crippen molar-refractivity contribution in [2.45, 2.75) is 0 Å². The maximum atomic E-state index is 11.7. The van der Waals surface area contributed by atoms with Gasteiger partial charge in [0.25, 0.3) is 6.47 Å². The van der Waals surface area contributed by atoms with Crippen LogP contribution in [0.25, 0.3) is 10.9 Å². The number of pyridine rings is 1. The fourth-order valence-corrected chi connectivity index (χ4v) is 1.71. The van der Waals surface area contributed by atoms with Crippen LogP contribution in [0.4, 0.5) is 5.69 Å². The summed E-state index contributed by atoms with van der Waals surface area (Å²) in [5.41, 5.74) is 2.13. The number of hydrogen-bond acceptors (Lipinski definition) is 5. The van der Waals surface area contributed by atoms with Gasteiger partial charge in [-0.15, -0.1) is 0 Å². The third-order valence-electron chi connectivity index (χ3n) is 2.58. The Morgan fingerprint density at radius 3 is 3.06 bits per heavy atom. The highest BCUT2D eigenvalue weighted by Crippen LogP contribution is 2.21. The van der Waals surface area contributed by atoms with Crippen molar-refractivity contribution in [3.05, 3.63) is 36.0 Å². The lowest BCUT2D eigenvalue weighted by Crippen LogP contribution is -2.08. The van der Waals surface area contributed by atoms with E-state index in [2.05, 4.69) is 15.0 Å². The van der Waals surface area contributed by atoms with E-state index < -0.39 is 0 Å². The highest BCUT2D eigenvalue weighted by atomic mass is 16.5. The summed E-state index contributed by atoms with van der Waals surface area (Å²) >= 11 is 0. The average Bonchev–Trinajstić information content (AvgIpc) is 2.43. The van der Waals surface area contributed by atoms with E-state index in [1.165, 1.54) is 6.20 Å². The van der Waals surface area contributed by atoms with Crippen LogP contribution in [0.15, 0.2) is 30.5 Å². The first-order valence-corrected chi connectivity index (χ1v) is 5.41. The second-order valence-corrected chi connectivity index (χ2v) is 3.68. The van der Waals surface area contributed by atoms with Gasteiger partial charge in [0, 0.05) is 24.2 Å². The number of rotatable bonds is 5. The molecule has 0 aliphatic heterocycles. The van der Waals surface area contributed by atoms with Gasteiger partial charge in [0.2, 0.25) is 5.78 Å². The zero-order chi connectivity index (χ0) is 13.0. The van der Waals surface area contributed by atoms with Crippen LogP contribution in [0.2, 0.25) is 0 Å². The van der Waals surface area contributed by atoms with Crippen LogP contribution in [0.1, 0.15) is 10.4 Å². The molecule has 0 saturated carbocycles. The number of benzene rings is 1. The first kappa shape index (κ1) is 12.0. The Morgan fingerprint density at radius 1 is 1.50 bits per heavy atom. The zero-order valence-corrected chi connectivity index (χ0v) is 9.84. The Labute approximate surface area is 104 Å². The van der Waals surface area contributed by atoms with Gasteiger partial charge in [0.1, 0.15) is 0 Å². The lowest BCUT2D eigenvalue weighted by atomic mass is 10.1. The molecule has 1 heterocycles. The van der Waals surface area contributed by atoms with E-state index in [0.717, 1.165) is 16.6 Å². The predicted molar refractivity (Wildman–Crippen MR) is 67.6 cm³/mol. The van der Waals surface area contributed by atoms with Crippen molar-refractivity contribution in [1.82, 2.24) is 4.98 Å². The standard InChI is InChI=1S/C13H12N2O3/c1-14-11-4-2-3-9-5-10(6-15-13(9)11)12(17)7-18-8-16/h2-6,8,14H,7H2,1H3. The molecule has 0 radical (unpaired) electrons. The van der Waals surface area contributed by atoms with Crippen molar-refractivity contribution in [2.75, 3.05) is 19.0 Å². The van der Waals surface area contributed by atoms with Crippen LogP contribution in [-0.2, 0) is 9.53 Å². The summed E-state index contributed by atoms with van der Waals surface area (Å²) in [6.45, 7) is -0.00606. The lowest BCUT2D eigenvalue weighted by molar-refractivity contribution is -0.127. The van der Waals surface area contributed by atoms with Crippen molar-refractivity contribution in [1.29, 1.82) is 0 Å². The smallest absolute Gasteiger partial charge is 0.293 e. The van der Waals surface area contributed by atoms with Crippen LogP contribution in [0.5, 0.6) is 0 Å². The molecular formula is C13H12N2O3. The fraction of sp³-hybridized carbons (Fsp3) is 0.154. The van der Waals surface area contributed by atoms with Crippen molar-refractivity contribution < 1.29 is 14.3 Å². The minimum atomic E-state index is -0.272. The number of nitrogens with zero attached hydrogens (tertiary/aromatic N) is 1. The topological polar surface area (TPSA) is 68.3 Å². The molecule has 2 aromatic rings. The van der Waals surface area contributed by atoms with Crippen LogP contribution >= 0.6 is 0 Å². The molecule has 0 aliphatic carbocycles. The van der Waals surface area contributed by atoms with Gasteiger partial charge in [-0.2, -0.15) is 0 Å². The molecule has 0 atom stereocenters. The Balaban J connectivity index is 2.39. The van der Waals surface area contributed by atoms with Gasteiger partial charge in [-0.1, -0.05) is 12.1 Å². The summed E-state index contributed by atoms with van der Waals surface area (Å²) in [5, 5.41) is 3.89.